The number of nitrogens with one attached hydrogen (secondary N) is 1. The first-order valence-electron chi connectivity index (χ1n) is 6.14. The summed E-state index contributed by atoms with van der Waals surface area (Å²) in [4.78, 5) is 16.2. The molecule has 5 heteroatoms. The van der Waals surface area contributed by atoms with Crippen molar-refractivity contribution < 1.29 is 14.3 Å². The Labute approximate surface area is 118 Å². The van der Waals surface area contributed by atoms with Crippen LogP contribution in [-0.4, -0.2) is 16.1 Å². The van der Waals surface area contributed by atoms with Crippen LogP contribution in [0.4, 0.5) is 4.39 Å². The van der Waals surface area contributed by atoms with Crippen molar-refractivity contribution in [1.82, 2.24) is 4.98 Å². The number of carboxylic acid groups (broad SMARTS) is 1. The zero-order valence-electron chi connectivity index (χ0n) is 10.7. The molecule has 0 aliphatic carbocycles. The molecule has 0 radical (unpaired) electrons. The molecule has 0 aliphatic heterocycles. The summed E-state index contributed by atoms with van der Waals surface area (Å²) in [7, 11) is 0. The van der Waals surface area contributed by atoms with Crippen molar-refractivity contribution in [2.75, 3.05) is 0 Å². The van der Waals surface area contributed by atoms with Crippen molar-refractivity contribution >= 4 is 28.2 Å². The van der Waals surface area contributed by atoms with Gasteiger partial charge in [-0.25, -0.2) is 4.39 Å². The summed E-state index contributed by atoms with van der Waals surface area (Å²) >= 11 is 1.56. The van der Waals surface area contributed by atoms with Crippen molar-refractivity contribution in [3.8, 4) is 10.6 Å². The summed E-state index contributed by atoms with van der Waals surface area (Å²) < 4.78 is 13.9. The highest BCUT2D eigenvalue weighted by Crippen LogP contribution is 2.35. The van der Waals surface area contributed by atoms with Crippen LogP contribution in [0.5, 0.6) is 0 Å². The second kappa shape index (κ2) is 4.76. The molecule has 3 nitrogen and oxygen atoms in total. The number of hydrogen-bond donors (Lipinski definition) is 2. The molecule has 0 amide bonds. The fraction of sp³-hybridized carbons (Fsp3) is 0.133. The van der Waals surface area contributed by atoms with Gasteiger partial charge >= 0.3 is 5.97 Å². The standard InChI is InChI=1S/C15H12FNO2S/c1-8-5-6-12(20-8)15-10(7-13(18)19)9-3-2-4-11(16)14(9)17-15/h2-6,17H,7H2,1H3,(H,18,19). The normalized spacial score (nSPS) is 11.1. The molecule has 2 heterocycles. The van der Waals surface area contributed by atoms with Crippen LogP contribution in [-0.2, 0) is 11.2 Å². The summed E-state index contributed by atoms with van der Waals surface area (Å²) in [6, 6.07) is 8.60. The minimum atomic E-state index is -0.926. The summed E-state index contributed by atoms with van der Waals surface area (Å²) in [5.74, 6) is -1.29. The molecule has 0 fully saturated rings. The molecule has 0 atom stereocenters. The molecular formula is C15H12FNO2S. The fourth-order valence-corrected chi connectivity index (χ4v) is 3.25. The maximum Gasteiger partial charge on any atom is 0.307 e. The molecule has 0 aliphatic rings. The van der Waals surface area contributed by atoms with Gasteiger partial charge in [0.2, 0.25) is 0 Å². The zero-order valence-corrected chi connectivity index (χ0v) is 11.6. The lowest BCUT2D eigenvalue weighted by atomic mass is 10.1. The van der Waals surface area contributed by atoms with E-state index in [1.54, 1.807) is 23.5 Å². The van der Waals surface area contributed by atoms with Crippen molar-refractivity contribution in [1.29, 1.82) is 0 Å². The van der Waals surface area contributed by atoms with Crippen molar-refractivity contribution in [2.45, 2.75) is 13.3 Å². The minimum absolute atomic E-state index is 0.129. The Kier molecular flexibility index (Phi) is 3.06. The molecule has 3 rings (SSSR count). The second-order valence-corrected chi connectivity index (χ2v) is 5.91. The number of aliphatic carboxylic acids is 1. The quantitative estimate of drug-likeness (QED) is 0.766. The van der Waals surface area contributed by atoms with E-state index in [-0.39, 0.29) is 12.2 Å². The summed E-state index contributed by atoms with van der Waals surface area (Å²) in [5.41, 5.74) is 1.70. The number of carboxylic acids is 1. The van der Waals surface area contributed by atoms with Gasteiger partial charge in [-0.2, -0.15) is 0 Å². The van der Waals surface area contributed by atoms with Gasteiger partial charge in [0, 0.05) is 10.3 Å². The number of aromatic nitrogens is 1. The van der Waals surface area contributed by atoms with E-state index < -0.39 is 5.97 Å². The third kappa shape index (κ3) is 2.10. The molecule has 102 valence electrons. The van der Waals surface area contributed by atoms with E-state index >= 15 is 0 Å². The Morgan fingerprint density at radius 2 is 2.15 bits per heavy atom. The van der Waals surface area contributed by atoms with Gasteiger partial charge in [0.05, 0.1) is 22.5 Å². The fourth-order valence-electron chi connectivity index (χ4n) is 2.35. The molecule has 0 bridgehead atoms. The number of thiophene rings is 1. The largest absolute Gasteiger partial charge is 0.481 e. The number of aryl methyl sites for hydroxylation is 1. The van der Waals surface area contributed by atoms with Gasteiger partial charge < -0.3 is 10.1 Å². The molecule has 0 spiro atoms. The molecule has 20 heavy (non-hydrogen) atoms. The summed E-state index contributed by atoms with van der Waals surface area (Å²) in [5, 5.41) is 9.72. The van der Waals surface area contributed by atoms with Gasteiger partial charge in [-0.1, -0.05) is 12.1 Å². The number of fused-ring (bicyclic) bond motifs is 1. The van der Waals surface area contributed by atoms with Crippen LogP contribution < -0.4 is 0 Å². The van der Waals surface area contributed by atoms with Crippen LogP contribution in [0, 0.1) is 12.7 Å². The Morgan fingerprint density at radius 1 is 1.35 bits per heavy atom. The first-order valence-corrected chi connectivity index (χ1v) is 6.95. The predicted molar refractivity (Wildman–Crippen MR) is 77.6 cm³/mol. The van der Waals surface area contributed by atoms with E-state index in [0.29, 0.717) is 22.2 Å². The Balaban J connectivity index is 2.29. The van der Waals surface area contributed by atoms with E-state index in [1.165, 1.54) is 6.07 Å². The molecule has 1 aromatic carbocycles. The van der Waals surface area contributed by atoms with E-state index in [4.69, 9.17) is 5.11 Å². The number of halogens is 1. The van der Waals surface area contributed by atoms with E-state index in [2.05, 4.69) is 4.98 Å². The molecule has 3 aromatic rings. The van der Waals surface area contributed by atoms with Gasteiger partial charge in [-0.15, -0.1) is 11.3 Å². The Morgan fingerprint density at radius 3 is 2.80 bits per heavy atom. The predicted octanol–water partition coefficient (Wildman–Crippen LogP) is 3.97. The monoisotopic (exact) mass is 289 g/mol. The molecular weight excluding hydrogens is 277 g/mol. The van der Waals surface area contributed by atoms with Crippen LogP contribution in [0.15, 0.2) is 30.3 Å². The average molecular weight is 289 g/mol. The third-order valence-electron chi connectivity index (χ3n) is 3.21. The molecule has 0 saturated heterocycles. The number of aromatic amines is 1. The number of para-hydroxylation sites is 1. The van der Waals surface area contributed by atoms with E-state index in [1.807, 2.05) is 19.1 Å². The van der Waals surface area contributed by atoms with Crippen molar-refractivity contribution in [3.05, 3.63) is 46.6 Å². The van der Waals surface area contributed by atoms with Crippen molar-refractivity contribution in [2.24, 2.45) is 0 Å². The lowest BCUT2D eigenvalue weighted by molar-refractivity contribution is -0.136. The van der Waals surface area contributed by atoms with Gasteiger partial charge in [-0.05, 0) is 30.7 Å². The van der Waals surface area contributed by atoms with E-state index in [9.17, 15) is 9.18 Å². The maximum absolute atomic E-state index is 13.9. The van der Waals surface area contributed by atoms with Crippen molar-refractivity contribution in [3.63, 3.8) is 0 Å². The first-order chi connectivity index (χ1) is 9.56. The van der Waals surface area contributed by atoms with Gasteiger partial charge in [-0.3, -0.25) is 4.79 Å². The number of rotatable bonds is 3. The van der Waals surface area contributed by atoms with Crippen LogP contribution in [0.25, 0.3) is 21.5 Å². The highest BCUT2D eigenvalue weighted by atomic mass is 32.1. The topological polar surface area (TPSA) is 53.1 Å². The molecule has 2 aromatic heterocycles. The molecule has 0 saturated carbocycles. The number of hydrogen-bond acceptors (Lipinski definition) is 2. The van der Waals surface area contributed by atoms with Gasteiger partial charge in [0.25, 0.3) is 0 Å². The Hall–Kier alpha value is -2.14. The summed E-state index contributed by atoms with van der Waals surface area (Å²) in [6.45, 7) is 1.98. The molecule has 2 N–H and O–H groups in total. The van der Waals surface area contributed by atoms with Crippen LogP contribution in [0.1, 0.15) is 10.4 Å². The SMILES string of the molecule is Cc1ccc(-c2[nH]c3c(F)cccc3c2CC(=O)O)s1. The highest BCUT2D eigenvalue weighted by molar-refractivity contribution is 7.15. The first kappa shape index (κ1) is 12.9. The lowest BCUT2D eigenvalue weighted by Crippen LogP contribution is -2.00. The Bertz CT molecular complexity index is 803. The van der Waals surface area contributed by atoms with Crippen LogP contribution >= 0.6 is 11.3 Å². The summed E-state index contributed by atoms with van der Waals surface area (Å²) in [6.07, 6.45) is -0.129. The minimum Gasteiger partial charge on any atom is -0.481 e. The third-order valence-corrected chi connectivity index (χ3v) is 4.22. The van der Waals surface area contributed by atoms with E-state index in [0.717, 1.165) is 9.75 Å². The maximum atomic E-state index is 13.9. The second-order valence-electron chi connectivity index (χ2n) is 4.62. The zero-order chi connectivity index (χ0) is 14.3. The smallest absolute Gasteiger partial charge is 0.307 e. The number of H-pyrrole nitrogens is 1. The molecule has 0 unspecified atom stereocenters. The van der Waals surface area contributed by atoms with Crippen LogP contribution in [0.3, 0.4) is 0 Å². The van der Waals surface area contributed by atoms with Crippen LogP contribution in [0.2, 0.25) is 0 Å². The lowest BCUT2D eigenvalue weighted by Gasteiger charge is -1.99. The van der Waals surface area contributed by atoms with Gasteiger partial charge in [0.15, 0.2) is 0 Å². The number of benzene rings is 1. The van der Waals surface area contributed by atoms with Gasteiger partial charge in [0.1, 0.15) is 5.82 Å². The number of carbonyl (C=O) groups is 1. The highest BCUT2D eigenvalue weighted by Gasteiger charge is 2.18. The average Bonchev–Trinajstić information content (AvgIpc) is 2.95.